The summed E-state index contributed by atoms with van der Waals surface area (Å²) in [5.74, 6) is 0.135. The quantitative estimate of drug-likeness (QED) is 0.208. The fourth-order valence-electron chi connectivity index (χ4n) is 6.62. The van der Waals surface area contributed by atoms with Crippen LogP contribution in [0.4, 0.5) is 8.78 Å². The van der Waals surface area contributed by atoms with Gasteiger partial charge in [0.25, 0.3) is 0 Å². The highest BCUT2D eigenvalue weighted by molar-refractivity contribution is 6.92. The van der Waals surface area contributed by atoms with Crippen molar-refractivity contribution in [3.8, 4) is 0 Å². The van der Waals surface area contributed by atoms with Crippen LogP contribution in [0.15, 0.2) is 97.1 Å². The summed E-state index contributed by atoms with van der Waals surface area (Å²) in [6, 6.07) is 29.9. The molecule has 0 N–H and O–H groups in total. The summed E-state index contributed by atoms with van der Waals surface area (Å²) in [5, 5.41) is 1.62. The van der Waals surface area contributed by atoms with E-state index in [2.05, 4.69) is 49.4 Å². The van der Waals surface area contributed by atoms with Crippen LogP contribution in [0.25, 0.3) is 5.57 Å². The molecule has 1 heterocycles. The van der Waals surface area contributed by atoms with Crippen LogP contribution < -0.4 is 5.19 Å². The highest BCUT2D eigenvalue weighted by Gasteiger charge is 2.40. The second-order valence-electron chi connectivity index (χ2n) is 11.0. The molecule has 192 valence electrons. The van der Waals surface area contributed by atoms with Gasteiger partial charge in [-0.2, -0.15) is 0 Å². The molecule has 0 bridgehead atoms. The van der Waals surface area contributed by atoms with E-state index in [1.807, 2.05) is 30.4 Å². The molecular weight excluding hydrogens is 474 g/mol. The maximum Gasteiger partial charge on any atom is 0.165 e. The first-order chi connectivity index (χ1) is 18.0. The molecule has 0 nitrogen and oxygen atoms in total. The lowest BCUT2D eigenvalue weighted by Gasteiger charge is -2.40. The standard InChI is InChI=1S/C34H38F2Si/c1-2-3-9-22-37(32-16-5-4-6-17-32)23-19-27(20-24-37)28-12-10-14-30(25-28)34(36)21-8-7-18-33(34)29-13-11-15-31(35)26-29/h4-8,10-18,25-27H,2-3,9,19-24H2,1H3. The van der Waals surface area contributed by atoms with E-state index >= 15 is 4.39 Å². The summed E-state index contributed by atoms with van der Waals surface area (Å²) in [6.07, 6.45) is 12.1. The van der Waals surface area contributed by atoms with E-state index in [4.69, 9.17) is 0 Å². The van der Waals surface area contributed by atoms with Crippen LogP contribution >= 0.6 is 0 Å². The predicted molar refractivity (Wildman–Crippen MR) is 155 cm³/mol. The third-order valence-corrected chi connectivity index (χ3v) is 14.1. The Morgan fingerprint density at radius 2 is 1.68 bits per heavy atom. The zero-order valence-corrected chi connectivity index (χ0v) is 22.9. The molecule has 2 aliphatic rings. The van der Waals surface area contributed by atoms with Gasteiger partial charge in [-0.05, 0) is 47.6 Å². The maximum atomic E-state index is 16.8. The lowest BCUT2D eigenvalue weighted by molar-refractivity contribution is 0.249. The van der Waals surface area contributed by atoms with Crippen molar-refractivity contribution in [3.63, 3.8) is 0 Å². The Bertz CT molecular complexity index is 1250. The summed E-state index contributed by atoms with van der Waals surface area (Å²) in [7, 11) is -1.52. The van der Waals surface area contributed by atoms with Crippen molar-refractivity contribution >= 4 is 18.8 Å². The number of halogens is 2. The van der Waals surface area contributed by atoms with E-state index in [1.165, 1.54) is 67.9 Å². The molecule has 1 aliphatic heterocycles. The summed E-state index contributed by atoms with van der Waals surface area (Å²) in [5.41, 5.74) is 1.44. The van der Waals surface area contributed by atoms with Crippen molar-refractivity contribution in [1.29, 1.82) is 0 Å². The first-order valence-electron chi connectivity index (χ1n) is 14.0. The minimum absolute atomic E-state index is 0.269. The second-order valence-corrected chi connectivity index (χ2v) is 15.7. The molecule has 1 aliphatic carbocycles. The number of benzene rings is 3. The Hall–Kier alpha value is -2.78. The lowest BCUT2D eigenvalue weighted by Crippen LogP contribution is -2.49. The minimum Gasteiger partial charge on any atom is -0.233 e. The molecule has 3 aromatic rings. The molecule has 1 atom stereocenters. The Balaban J connectivity index is 1.38. The van der Waals surface area contributed by atoms with Crippen LogP contribution in [0.3, 0.4) is 0 Å². The van der Waals surface area contributed by atoms with Crippen LogP contribution in [-0.2, 0) is 5.67 Å². The fraction of sp³-hybridized carbons (Fsp3) is 0.353. The van der Waals surface area contributed by atoms with Crippen LogP contribution in [0.5, 0.6) is 0 Å². The number of alkyl halides is 1. The van der Waals surface area contributed by atoms with Gasteiger partial charge in [0.2, 0.25) is 0 Å². The molecule has 0 spiro atoms. The van der Waals surface area contributed by atoms with Crippen molar-refractivity contribution in [1.82, 2.24) is 0 Å². The van der Waals surface area contributed by atoms with Crippen molar-refractivity contribution in [2.45, 2.75) is 75.2 Å². The van der Waals surface area contributed by atoms with Crippen LogP contribution in [0, 0.1) is 5.82 Å². The average molecular weight is 513 g/mol. The Kier molecular flexibility index (Phi) is 7.90. The van der Waals surface area contributed by atoms with E-state index in [0.717, 1.165) is 0 Å². The van der Waals surface area contributed by atoms with Gasteiger partial charge in [0, 0.05) is 12.0 Å². The van der Waals surface area contributed by atoms with Crippen molar-refractivity contribution in [3.05, 3.63) is 120 Å². The third kappa shape index (κ3) is 5.43. The Labute approximate surface area is 222 Å². The van der Waals surface area contributed by atoms with E-state index in [9.17, 15) is 4.39 Å². The van der Waals surface area contributed by atoms with Crippen molar-refractivity contribution < 1.29 is 8.78 Å². The summed E-state index contributed by atoms with van der Waals surface area (Å²) >= 11 is 0. The first kappa shape index (κ1) is 25.8. The van der Waals surface area contributed by atoms with E-state index in [-0.39, 0.29) is 12.2 Å². The molecule has 37 heavy (non-hydrogen) atoms. The largest absolute Gasteiger partial charge is 0.233 e. The molecule has 5 rings (SSSR count). The SMILES string of the molecule is CCCCC[Si]1(c2ccccc2)CCC(c2cccc(C3(F)CC=CC=C3c3cccc(F)c3)c2)CC1. The summed E-state index contributed by atoms with van der Waals surface area (Å²) < 4.78 is 30.8. The molecule has 0 aromatic heterocycles. The number of hydrogen-bond acceptors (Lipinski definition) is 0. The zero-order chi connectivity index (χ0) is 25.7. The van der Waals surface area contributed by atoms with Gasteiger partial charge in [0.15, 0.2) is 5.67 Å². The van der Waals surface area contributed by atoms with Gasteiger partial charge in [-0.3, -0.25) is 0 Å². The van der Waals surface area contributed by atoms with Gasteiger partial charge in [-0.1, -0.05) is 134 Å². The number of hydrogen-bond donors (Lipinski definition) is 0. The van der Waals surface area contributed by atoms with Gasteiger partial charge in [-0.15, -0.1) is 0 Å². The Morgan fingerprint density at radius 1 is 0.892 bits per heavy atom. The van der Waals surface area contributed by atoms with Gasteiger partial charge in [0.05, 0.1) is 8.07 Å². The summed E-state index contributed by atoms with van der Waals surface area (Å²) in [6.45, 7) is 2.29. The van der Waals surface area contributed by atoms with Gasteiger partial charge in [-0.25, -0.2) is 8.78 Å². The van der Waals surface area contributed by atoms with Gasteiger partial charge >= 0.3 is 0 Å². The zero-order valence-electron chi connectivity index (χ0n) is 21.9. The van der Waals surface area contributed by atoms with Crippen LogP contribution in [0.1, 0.15) is 68.1 Å². The number of rotatable bonds is 8. The predicted octanol–water partition coefficient (Wildman–Crippen LogP) is 9.46. The van der Waals surface area contributed by atoms with E-state index in [1.54, 1.807) is 17.3 Å². The Morgan fingerprint density at radius 3 is 2.43 bits per heavy atom. The number of allylic oxidation sites excluding steroid dienone is 4. The topological polar surface area (TPSA) is 0 Å². The normalized spacial score (nSPS) is 25.6. The molecular formula is C34H38F2Si. The molecule has 3 heteroatoms. The second kappa shape index (κ2) is 11.3. The molecule has 1 fully saturated rings. The minimum atomic E-state index is -1.66. The molecule has 1 saturated heterocycles. The molecule has 1 unspecified atom stereocenters. The average Bonchev–Trinajstić information content (AvgIpc) is 2.94. The van der Waals surface area contributed by atoms with E-state index < -0.39 is 13.7 Å². The fourth-order valence-corrected chi connectivity index (χ4v) is 11.9. The van der Waals surface area contributed by atoms with Crippen molar-refractivity contribution in [2.24, 2.45) is 0 Å². The van der Waals surface area contributed by atoms with Gasteiger partial charge < -0.3 is 0 Å². The maximum absolute atomic E-state index is 16.8. The first-order valence-corrected chi connectivity index (χ1v) is 16.6. The molecule has 0 saturated carbocycles. The molecule has 0 radical (unpaired) electrons. The van der Waals surface area contributed by atoms with Crippen LogP contribution in [0.2, 0.25) is 18.1 Å². The highest BCUT2D eigenvalue weighted by atomic mass is 28.3. The third-order valence-electron chi connectivity index (χ3n) is 8.76. The monoisotopic (exact) mass is 512 g/mol. The van der Waals surface area contributed by atoms with Crippen molar-refractivity contribution in [2.75, 3.05) is 0 Å². The number of unbranched alkanes of at least 4 members (excludes halogenated alkanes) is 2. The lowest BCUT2D eigenvalue weighted by atomic mass is 9.78. The van der Waals surface area contributed by atoms with Crippen LogP contribution in [-0.4, -0.2) is 8.07 Å². The van der Waals surface area contributed by atoms with E-state index in [0.29, 0.717) is 22.6 Å². The summed E-state index contributed by atoms with van der Waals surface area (Å²) in [4.78, 5) is 0. The molecule has 0 amide bonds. The van der Waals surface area contributed by atoms with Gasteiger partial charge in [0.1, 0.15) is 5.82 Å². The molecule has 3 aromatic carbocycles. The highest BCUT2D eigenvalue weighted by Crippen LogP contribution is 2.47. The smallest absolute Gasteiger partial charge is 0.165 e.